The zero-order valence-corrected chi connectivity index (χ0v) is 16.8. The highest BCUT2D eigenvalue weighted by Crippen LogP contribution is 2.31. The number of ether oxygens (including phenoxy) is 1. The molecule has 0 bridgehead atoms. The fourth-order valence-electron chi connectivity index (χ4n) is 3.27. The van der Waals surface area contributed by atoms with E-state index in [1.165, 1.54) is 5.56 Å². The third-order valence-corrected chi connectivity index (χ3v) is 4.98. The van der Waals surface area contributed by atoms with Gasteiger partial charge in [-0.25, -0.2) is 4.98 Å². The maximum atomic E-state index is 12.7. The summed E-state index contributed by atoms with van der Waals surface area (Å²) < 4.78 is 7.43. The van der Waals surface area contributed by atoms with Gasteiger partial charge in [0.05, 0.1) is 18.5 Å². The molecule has 1 N–H and O–H groups in total. The Hall–Kier alpha value is -3.60. The van der Waals surface area contributed by atoms with E-state index < -0.39 is 0 Å². The second-order valence-electron chi connectivity index (χ2n) is 7.02. The van der Waals surface area contributed by atoms with E-state index in [4.69, 9.17) is 9.72 Å². The number of amides is 1. The number of anilines is 1. The minimum Gasteiger partial charge on any atom is -0.495 e. The molecule has 0 saturated carbocycles. The number of hydrogen-bond donors (Lipinski definition) is 1. The average molecular weight is 385 g/mol. The molecule has 0 unspecified atom stereocenters. The Morgan fingerprint density at radius 2 is 1.90 bits per heavy atom. The number of aryl methyl sites for hydroxylation is 2. The molecule has 5 nitrogen and oxygen atoms in total. The molecule has 0 aliphatic heterocycles. The van der Waals surface area contributed by atoms with Gasteiger partial charge in [0, 0.05) is 23.5 Å². The maximum Gasteiger partial charge on any atom is 0.255 e. The van der Waals surface area contributed by atoms with Crippen LogP contribution in [0.15, 0.2) is 67.0 Å². The van der Waals surface area contributed by atoms with Gasteiger partial charge in [-0.15, -0.1) is 0 Å². The van der Waals surface area contributed by atoms with Crippen molar-refractivity contribution in [3.05, 3.63) is 83.7 Å². The summed E-state index contributed by atoms with van der Waals surface area (Å²) in [6.07, 6.45) is 4.91. The number of hydrogen-bond acceptors (Lipinski definition) is 3. The number of aromatic nitrogens is 2. The van der Waals surface area contributed by atoms with Gasteiger partial charge in [0.1, 0.15) is 11.4 Å². The summed E-state index contributed by atoms with van der Waals surface area (Å²) in [5, 5.41) is 2.97. The molecule has 0 aliphatic rings. The smallest absolute Gasteiger partial charge is 0.255 e. The van der Waals surface area contributed by atoms with E-state index in [0.717, 1.165) is 28.9 Å². The number of carbonyl (C=O) groups excluding carboxylic acids is 1. The van der Waals surface area contributed by atoms with Crippen LogP contribution in [-0.4, -0.2) is 22.4 Å². The highest BCUT2D eigenvalue weighted by atomic mass is 16.5. The molecule has 2 aromatic carbocycles. The molecule has 0 aliphatic carbocycles. The Morgan fingerprint density at radius 1 is 1.10 bits per heavy atom. The molecule has 0 radical (unpaired) electrons. The van der Waals surface area contributed by atoms with Crippen molar-refractivity contribution < 1.29 is 9.53 Å². The number of rotatable bonds is 5. The second-order valence-corrected chi connectivity index (χ2v) is 7.02. The second kappa shape index (κ2) is 7.80. The summed E-state index contributed by atoms with van der Waals surface area (Å²) in [5.41, 5.74) is 6.21. The summed E-state index contributed by atoms with van der Waals surface area (Å²) >= 11 is 0. The summed E-state index contributed by atoms with van der Waals surface area (Å²) in [4.78, 5) is 17.4. The first-order valence-corrected chi connectivity index (χ1v) is 9.61. The van der Waals surface area contributed by atoms with E-state index in [2.05, 4.69) is 12.2 Å². The monoisotopic (exact) mass is 385 g/mol. The number of nitrogens with one attached hydrogen (secondary N) is 1. The van der Waals surface area contributed by atoms with E-state index in [1.54, 1.807) is 7.11 Å². The quantitative estimate of drug-likeness (QED) is 0.518. The predicted octanol–water partition coefficient (Wildman–Crippen LogP) is 5.13. The number of methoxy groups -OCH3 is 1. The molecule has 0 atom stereocenters. The number of nitrogens with zero attached hydrogens (tertiary/aromatic N) is 2. The zero-order valence-electron chi connectivity index (χ0n) is 16.8. The zero-order chi connectivity index (χ0) is 20.4. The molecule has 2 aromatic heterocycles. The normalized spacial score (nSPS) is 10.9. The molecule has 29 heavy (non-hydrogen) atoms. The maximum absolute atomic E-state index is 12.7. The number of pyridine rings is 1. The van der Waals surface area contributed by atoms with Gasteiger partial charge >= 0.3 is 0 Å². The summed E-state index contributed by atoms with van der Waals surface area (Å²) in [6, 6.07) is 17.4. The van der Waals surface area contributed by atoms with E-state index in [0.29, 0.717) is 17.0 Å². The largest absolute Gasteiger partial charge is 0.495 e. The number of carbonyl (C=O) groups is 1. The first-order chi connectivity index (χ1) is 14.1. The Morgan fingerprint density at radius 3 is 2.62 bits per heavy atom. The lowest BCUT2D eigenvalue weighted by atomic mass is 10.1. The Labute approximate surface area is 170 Å². The molecule has 5 heteroatoms. The molecule has 146 valence electrons. The first kappa shape index (κ1) is 18.7. The lowest BCUT2D eigenvalue weighted by molar-refractivity contribution is 0.102. The van der Waals surface area contributed by atoms with Gasteiger partial charge in [0.2, 0.25) is 0 Å². The standard InChI is InChI=1S/C24H23N3O2/c1-4-17-5-7-18(8-6-17)24(28)26-20-14-19(9-10-22(20)29-3)21-15-27-12-11-16(2)13-23(27)25-21/h5-15H,4H2,1-3H3,(H,26,28). The predicted molar refractivity (Wildman–Crippen MR) is 116 cm³/mol. The van der Waals surface area contributed by atoms with Gasteiger partial charge in [-0.2, -0.15) is 0 Å². The van der Waals surface area contributed by atoms with Gasteiger partial charge in [0.25, 0.3) is 5.91 Å². The van der Waals surface area contributed by atoms with Crippen LogP contribution in [0.1, 0.15) is 28.4 Å². The first-order valence-electron chi connectivity index (χ1n) is 9.61. The van der Waals surface area contributed by atoms with Crippen molar-refractivity contribution in [2.45, 2.75) is 20.3 Å². The molecular weight excluding hydrogens is 362 g/mol. The minimum atomic E-state index is -0.172. The van der Waals surface area contributed by atoms with Crippen molar-refractivity contribution in [1.82, 2.24) is 9.38 Å². The van der Waals surface area contributed by atoms with E-state index >= 15 is 0 Å². The fourth-order valence-corrected chi connectivity index (χ4v) is 3.27. The van der Waals surface area contributed by atoms with Crippen molar-refractivity contribution in [3.63, 3.8) is 0 Å². The number of imidazole rings is 1. The molecule has 0 saturated heterocycles. The fraction of sp³-hybridized carbons (Fsp3) is 0.167. The van der Waals surface area contributed by atoms with Crippen LogP contribution in [0.3, 0.4) is 0 Å². The number of benzene rings is 2. The molecule has 0 fully saturated rings. The van der Waals surface area contributed by atoms with Gasteiger partial charge in [-0.1, -0.05) is 19.1 Å². The molecule has 4 aromatic rings. The average Bonchev–Trinajstić information content (AvgIpc) is 3.17. The molecule has 1 amide bonds. The lowest BCUT2D eigenvalue weighted by Gasteiger charge is -2.12. The van der Waals surface area contributed by atoms with Crippen molar-refractivity contribution in [1.29, 1.82) is 0 Å². The molecule has 2 heterocycles. The lowest BCUT2D eigenvalue weighted by Crippen LogP contribution is -2.12. The van der Waals surface area contributed by atoms with Crippen molar-refractivity contribution >= 4 is 17.2 Å². The van der Waals surface area contributed by atoms with Crippen LogP contribution in [0.5, 0.6) is 5.75 Å². The van der Waals surface area contributed by atoms with Gasteiger partial charge in [-0.05, 0) is 66.9 Å². The van der Waals surface area contributed by atoms with Crippen molar-refractivity contribution in [2.24, 2.45) is 0 Å². The van der Waals surface area contributed by atoms with Crippen LogP contribution >= 0.6 is 0 Å². The third kappa shape index (κ3) is 3.85. The minimum absolute atomic E-state index is 0.172. The Balaban J connectivity index is 1.66. The van der Waals surface area contributed by atoms with E-state index in [9.17, 15) is 4.79 Å². The van der Waals surface area contributed by atoms with Crippen molar-refractivity contribution in [3.8, 4) is 17.0 Å². The molecular formula is C24H23N3O2. The van der Waals surface area contributed by atoms with Gasteiger partial charge < -0.3 is 14.5 Å². The van der Waals surface area contributed by atoms with Crippen LogP contribution < -0.4 is 10.1 Å². The van der Waals surface area contributed by atoms with Gasteiger partial charge in [0.15, 0.2) is 0 Å². The van der Waals surface area contributed by atoms with Gasteiger partial charge in [-0.3, -0.25) is 4.79 Å². The highest BCUT2D eigenvalue weighted by Gasteiger charge is 2.13. The number of fused-ring (bicyclic) bond motifs is 1. The Kier molecular flexibility index (Phi) is 5.04. The van der Waals surface area contributed by atoms with E-state index in [-0.39, 0.29) is 5.91 Å². The van der Waals surface area contributed by atoms with Crippen LogP contribution in [0.2, 0.25) is 0 Å². The van der Waals surface area contributed by atoms with Crippen LogP contribution in [0.4, 0.5) is 5.69 Å². The summed E-state index contributed by atoms with van der Waals surface area (Å²) in [7, 11) is 1.59. The summed E-state index contributed by atoms with van der Waals surface area (Å²) in [6.45, 7) is 4.13. The van der Waals surface area contributed by atoms with Crippen LogP contribution in [-0.2, 0) is 6.42 Å². The SMILES string of the molecule is CCc1ccc(C(=O)Nc2cc(-c3cn4ccc(C)cc4n3)ccc2OC)cc1. The Bertz CT molecular complexity index is 1180. The van der Waals surface area contributed by atoms with Crippen LogP contribution in [0, 0.1) is 6.92 Å². The molecule has 0 spiro atoms. The highest BCUT2D eigenvalue weighted by molar-refractivity contribution is 6.05. The van der Waals surface area contributed by atoms with Crippen LogP contribution in [0.25, 0.3) is 16.9 Å². The summed E-state index contributed by atoms with van der Waals surface area (Å²) in [5.74, 6) is 0.431. The molecule has 4 rings (SSSR count). The van der Waals surface area contributed by atoms with E-state index in [1.807, 2.05) is 78.3 Å². The topological polar surface area (TPSA) is 55.6 Å². The van der Waals surface area contributed by atoms with Crippen molar-refractivity contribution in [2.75, 3.05) is 12.4 Å². The third-order valence-electron chi connectivity index (χ3n) is 4.98.